The SMILES string of the molecule is CCOC(=O)C(C)(C)N(C)C(=O)c1ccc(Oc2cccc(F)c2)cc1. The smallest absolute Gasteiger partial charge is 0.331 e. The van der Waals surface area contributed by atoms with Crippen LogP contribution in [0.2, 0.25) is 0 Å². The second-order valence-corrected chi connectivity index (χ2v) is 6.23. The number of halogens is 1. The molecule has 0 heterocycles. The third kappa shape index (κ3) is 4.39. The second-order valence-electron chi connectivity index (χ2n) is 6.23. The van der Waals surface area contributed by atoms with Crippen LogP contribution in [0.5, 0.6) is 11.5 Å². The number of nitrogens with zero attached hydrogens (tertiary/aromatic N) is 1. The van der Waals surface area contributed by atoms with Crippen LogP contribution in [-0.2, 0) is 9.53 Å². The summed E-state index contributed by atoms with van der Waals surface area (Å²) >= 11 is 0. The summed E-state index contributed by atoms with van der Waals surface area (Å²) in [6.45, 7) is 5.22. The standard InChI is InChI=1S/C20H22FNO4/c1-5-25-19(24)20(2,3)22(4)18(23)14-9-11-16(12-10-14)26-17-8-6-7-15(21)13-17/h6-13H,5H2,1-4H3. The van der Waals surface area contributed by atoms with Gasteiger partial charge in [-0.1, -0.05) is 6.07 Å². The van der Waals surface area contributed by atoms with Gasteiger partial charge in [0.1, 0.15) is 22.9 Å². The van der Waals surface area contributed by atoms with E-state index in [2.05, 4.69) is 0 Å². The van der Waals surface area contributed by atoms with Gasteiger partial charge in [-0.15, -0.1) is 0 Å². The molecule has 0 saturated carbocycles. The van der Waals surface area contributed by atoms with E-state index in [1.165, 1.54) is 17.0 Å². The van der Waals surface area contributed by atoms with Crippen molar-refractivity contribution in [3.63, 3.8) is 0 Å². The summed E-state index contributed by atoms with van der Waals surface area (Å²) in [5.41, 5.74) is -0.694. The molecule has 1 amide bonds. The average molecular weight is 359 g/mol. The molecule has 2 aromatic rings. The van der Waals surface area contributed by atoms with Crippen molar-refractivity contribution in [1.29, 1.82) is 0 Å². The van der Waals surface area contributed by atoms with Gasteiger partial charge < -0.3 is 14.4 Å². The Morgan fingerprint density at radius 1 is 1.08 bits per heavy atom. The highest BCUT2D eigenvalue weighted by atomic mass is 19.1. The topological polar surface area (TPSA) is 55.8 Å². The molecule has 26 heavy (non-hydrogen) atoms. The van der Waals surface area contributed by atoms with E-state index in [9.17, 15) is 14.0 Å². The van der Waals surface area contributed by atoms with Crippen LogP contribution in [0.15, 0.2) is 48.5 Å². The molecule has 0 aromatic heterocycles. The summed E-state index contributed by atoms with van der Waals surface area (Å²) < 4.78 is 23.8. The van der Waals surface area contributed by atoms with E-state index in [1.807, 2.05) is 0 Å². The van der Waals surface area contributed by atoms with Gasteiger partial charge in [-0.05, 0) is 57.2 Å². The third-order valence-corrected chi connectivity index (χ3v) is 4.05. The molecule has 0 bridgehead atoms. The highest BCUT2D eigenvalue weighted by Gasteiger charge is 2.37. The molecule has 0 atom stereocenters. The molecule has 0 N–H and O–H groups in total. The van der Waals surface area contributed by atoms with Crippen molar-refractivity contribution in [2.45, 2.75) is 26.3 Å². The molecule has 0 fully saturated rings. The molecule has 2 aromatic carbocycles. The van der Waals surface area contributed by atoms with Gasteiger partial charge >= 0.3 is 5.97 Å². The van der Waals surface area contributed by atoms with Gasteiger partial charge in [0.2, 0.25) is 0 Å². The van der Waals surface area contributed by atoms with Crippen molar-refractivity contribution in [3.8, 4) is 11.5 Å². The summed E-state index contributed by atoms with van der Waals surface area (Å²) in [6, 6.07) is 12.2. The largest absolute Gasteiger partial charge is 0.464 e. The van der Waals surface area contributed by atoms with E-state index >= 15 is 0 Å². The van der Waals surface area contributed by atoms with Gasteiger partial charge in [-0.2, -0.15) is 0 Å². The Morgan fingerprint density at radius 3 is 2.31 bits per heavy atom. The molecule has 2 rings (SSSR count). The fourth-order valence-corrected chi connectivity index (χ4v) is 2.22. The number of likely N-dealkylation sites (N-methyl/N-ethyl adjacent to an activating group) is 1. The minimum Gasteiger partial charge on any atom is -0.464 e. The van der Waals surface area contributed by atoms with Crippen LogP contribution in [0, 0.1) is 5.82 Å². The summed E-state index contributed by atoms with van der Waals surface area (Å²) in [6.07, 6.45) is 0. The van der Waals surface area contributed by atoms with E-state index in [-0.39, 0.29) is 12.5 Å². The van der Waals surface area contributed by atoms with Crippen molar-refractivity contribution in [1.82, 2.24) is 4.90 Å². The van der Waals surface area contributed by atoms with Crippen LogP contribution < -0.4 is 4.74 Å². The lowest BCUT2D eigenvalue weighted by atomic mass is 10.0. The first-order valence-electron chi connectivity index (χ1n) is 8.24. The van der Waals surface area contributed by atoms with E-state index in [4.69, 9.17) is 9.47 Å². The normalized spacial score (nSPS) is 11.0. The Kier molecular flexibility index (Phi) is 5.97. The molecule has 0 aliphatic carbocycles. The molecule has 5 nitrogen and oxygen atoms in total. The Bertz CT molecular complexity index is 787. The van der Waals surface area contributed by atoms with Crippen LogP contribution in [0.25, 0.3) is 0 Å². The molecule has 0 spiro atoms. The van der Waals surface area contributed by atoms with Gasteiger partial charge in [-0.3, -0.25) is 4.79 Å². The maximum Gasteiger partial charge on any atom is 0.331 e. The van der Waals surface area contributed by atoms with Crippen molar-refractivity contribution < 1.29 is 23.5 Å². The Labute approximate surface area is 152 Å². The number of amides is 1. The van der Waals surface area contributed by atoms with Crippen molar-refractivity contribution in [3.05, 3.63) is 59.9 Å². The molecule has 0 unspecified atom stereocenters. The zero-order valence-corrected chi connectivity index (χ0v) is 15.3. The maximum atomic E-state index is 13.2. The van der Waals surface area contributed by atoms with Gasteiger partial charge in [0.25, 0.3) is 5.91 Å². The number of hydrogen-bond donors (Lipinski definition) is 0. The Hall–Kier alpha value is -2.89. The van der Waals surface area contributed by atoms with Gasteiger partial charge in [-0.25, -0.2) is 9.18 Å². The van der Waals surface area contributed by atoms with E-state index in [1.54, 1.807) is 64.2 Å². The first-order valence-corrected chi connectivity index (χ1v) is 8.24. The quantitative estimate of drug-likeness (QED) is 0.731. The highest BCUT2D eigenvalue weighted by Crippen LogP contribution is 2.24. The van der Waals surface area contributed by atoms with Crippen LogP contribution in [0.3, 0.4) is 0 Å². The zero-order chi connectivity index (χ0) is 19.3. The zero-order valence-electron chi connectivity index (χ0n) is 15.3. The van der Waals surface area contributed by atoms with E-state index < -0.39 is 17.3 Å². The molecular weight excluding hydrogens is 337 g/mol. The van der Waals surface area contributed by atoms with Crippen LogP contribution >= 0.6 is 0 Å². The number of carbonyl (C=O) groups excluding carboxylic acids is 2. The molecule has 0 aliphatic rings. The first kappa shape index (κ1) is 19.4. The number of carbonyl (C=O) groups is 2. The van der Waals surface area contributed by atoms with Crippen LogP contribution in [0.4, 0.5) is 4.39 Å². The molecule has 0 aliphatic heterocycles. The fourth-order valence-electron chi connectivity index (χ4n) is 2.22. The van der Waals surface area contributed by atoms with Crippen molar-refractivity contribution in [2.75, 3.05) is 13.7 Å². The fraction of sp³-hybridized carbons (Fsp3) is 0.300. The van der Waals surface area contributed by atoms with E-state index in [0.717, 1.165) is 0 Å². The lowest BCUT2D eigenvalue weighted by molar-refractivity contribution is -0.153. The molecule has 138 valence electrons. The number of ether oxygens (including phenoxy) is 2. The summed E-state index contributed by atoms with van der Waals surface area (Å²) in [5, 5.41) is 0. The maximum absolute atomic E-state index is 13.2. The lowest BCUT2D eigenvalue weighted by Gasteiger charge is -2.33. The summed E-state index contributed by atoms with van der Waals surface area (Å²) in [4.78, 5) is 26.0. The van der Waals surface area contributed by atoms with Crippen molar-refractivity contribution >= 4 is 11.9 Å². The highest BCUT2D eigenvalue weighted by molar-refractivity contribution is 5.97. The number of esters is 1. The minimum atomic E-state index is -1.09. The summed E-state index contributed by atoms with van der Waals surface area (Å²) in [7, 11) is 1.55. The average Bonchev–Trinajstić information content (AvgIpc) is 2.61. The molecular formula is C20H22FNO4. The van der Waals surface area contributed by atoms with Gasteiger partial charge in [0.15, 0.2) is 0 Å². The van der Waals surface area contributed by atoms with E-state index in [0.29, 0.717) is 17.1 Å². The molecule has 6 heteroatoms. The minimum absolute atomic E-state index is 0.246. The van der Waals surface area contributed by atoms with Gasteiger partial charge in [0, 0.05) is 18.7 Å². The number of rotatable bonds is 6. The van der Waals surface area contributed by atoms with Crippen LogP contribution in [0.1, 0.15) is 31.1 Å². The Balaban J connectivity index is 2.11. The second kappa shape index (κ2) is 7.99. The lowest BCUT2D eigenvalue weighted by Crippen LogP contribution is -2.51. The monoisotopic (exact) mass is 359 g/mol. The Morgan fingerprint density at radius 2 is 1.73 bits per heavy atom. The number of hydrogen-bond acceptors (Lipinski definition) is 4. The first-order chi connectivity index (χ1) is 12.3. The molecule has 0 radical (unpaired) electrons. The predicted molar refractivity (Wildman–Crippen MR) is 95.7 cm³/mol. The van der Waals surface area contributed by atoms with Crippen LogP contribution in [-0.4, -0.2) is 36.0 Å². The number of benzene rings is 2. The predicted octanol–water partition coefficient (Wildman–Crippen LogP) is 4.03. The summed E-state index contributed by atoms with van der Waals surface area (Å²) in [5.74, 6) is -0.344. The van der Waals surface area contributed by atoms with Gasteiger partial charge in [0.05, 0.1) is 6.61 Å². The van der Waals surface area contributed by atoms with Crippen molar-refractivity contribution in [2.24, 2.45) is 0 Å². The third-order valence-electron chi connectivity index (χ3n) is 4.05. The molecule has 0 saturated heterocycles.